The number of H-pyrrole nitrogens is 1. The minimum atomic E-state index is -0.471. The number of carbonyl (C=O) groups excluding carboxylic acids is 1. The molecule has 0 spiro atoms. The first-order chi connectivity index (χ1) is 13.2. The Kier molecular flexibility index (Phi) is 4.95. The second-order valence-electron chi connectivity index (χ2n) is 6.47. The summed E-state index contributed by atoms with van der Waals surface area (Å²) in [6.45, 7) is 0.431. The Morgan fingerprint density at radius 1 is 1.15 bits per heavy atom. The van der Waals surface area contributed by atoms with E-state index in [1.807, 2.05) is 54.6 Å². The van der Waals surface area contributed by atoms with Crippen molar-refractivity contribution in [1.82, 2.24) is 15.2 Å². The van der Waals surface area contributed by atoms with Crippen LogP contribution in [-0.2, 0) is 9.53 Å². The van der Waals surface area contributed by atoms with E-state index in [2.05, 4.69) is 20.5 Å². The van der Waals surface area contributed by atoms with Crippen molar-refractivity contribution >= 4 is 11.6 Å². The Hall–Kier alpha value is -3.03. The summed E-state index contributed by atoms with van der Waals surface area (Å²) in [4.78, 5) is 17.1. The van der Waals surface area contributed by atoms with E-state index in [1.54, 1.807) is 0 Å². The van der Waals surface area contributed by atoms with Crippen LogP contribution >= 0.6 is 0 Å². The van der Waals surface area contributed by atoms with Gasteiger partial charge in [0.05, 0.1) is 11.8 Å². The lowest BCUT2D eigenvalue weighted by atomic mass is 10.1. The van der Waals surface area contributed by atoms with Crippen LogP contribution in [0.5, 0.6) is 0 Å². The molecule has 7 heteroatoms. The van der Waals surface area contributed by atoms with Crippen LogP contribution in [0.4, 0.5) is 5.69 Å². The van der Waals surface area contributed by atoms with E-state index in [1.165, 1.54) is 0 Å². The number of benzene rings is 2. The molecule has 0 saturated carbocycles. The van der Waals surface area contributed by atoms with Crippen LogP contribution in [0.2, 0.25) is 0 Å². The van der Waals surface area contributed by atoms with Gasteiger partial charge in [-0.25, -0.2) is 4.98 Å². The van der Waals surface area contributed by atoms with Gasteiger partial charge in [-0.3, -0.25) is 9.89 Å². The van der Waals surface area contributed by atoms with Crippen molar-refractivity contribution in [3.63, 3.8) is 0 Å². The fourth-order valence-electron chi connectivity index (χ4n) is 3.18. The lowest BCUT2D eigenvalue weighted by molar-refractivity contribution is -0.126. The predicted octanol–water partition coefficient (Wildman–Crippen LogP) is 2.58. The van der Waals surface area contributed by atoms with Crippen LogP contribution in [0.1, 0.15) is 12.8 Å². The molecule has 27 heavy (non-hydrogen) atoms. The molecule has 4 N–H and O–H groups in total. The number of amides is 1. The van der Waals surface area contributed by atoms with Gasteiger partial charge >= 0.3 is 0 Å². The number of anilines is 1. The Morgan fingerprint density at radius 3 is 2.70 bits per heavy atom. The summed E-state index contributed by atoms with van der Waals surface area (Å²) in [5, 5.41) is 10.2. The summed E-state index contributed by atoms with van der Waals surface area (Å²) in [5.74, 6) is 1.04. The zero-order valence-electron chi connectivity index (χ0n) is 14.8. The maximum Gasteiger partial charge on any atom is 0.253 e. The summed E-state index contributed by atoms with van der Waals surface area (Å²) in [5.41, 5.74) is 7.98. The van der Waals surface area contributed by atoms with Gasteiger partial charge in [-0.15, -0.1) is 0 Å². The third-order valence-corrected chi connectivity index (χ3v) is 4.62. The number of carbonyl (C=O) groups is 1. The number of nitrogens with one attached hydrogen (secondary N) is 2. The van der Waals surface area contributed by atoms with Crippen LogP contribution in [-0.4, -0.2) is 39.8 Å². The fraction of sp³-hybridized carbons (Fsp3) is 0.250. The molecule has 138 valence electrons. The van der Waals surface area contributed by atoms with Gasteiger partial charge < -0.3 is 15.8 Å². The highest BCUT2D eigenvalue weighted by Crippen LogP contribution is 2.28. The van der Waals surface area contributed by atoms with E-state index < -0.39 is 6.10 Å². The first kappa shape index (κ1) is 17.4. The fourth-order valence-corrected chi connectivity index (χ4v) is 3.18. The van der Waals surface area contributed by atoms with Crippen molar-refractivity contribution < 1.29 is 9.53 Å². The number of rotatable bonds is 5. The number of para-hydroxylation sites is 1. The molecule has 4 rings (SSSR count). The topological polar surface area (TPSA) is 106 Å². The molecule has 7 nitrogen and oxygen atoms in total. The Balaban J connectivity index is 1.55. The maximum atomic E-state index is 12.6. The number of aromatic nitrogens is 3. The Morgan fingerprint density at radius 2 is 1.93 bits per heavy atom. The van der Waals surface area contributed by atoms with Gasteiger partial charge in [-0.1, -0.05) is 42.5 Å². The summed E-state index contributed by atoms with van der Waals surface area (Å²) in [6, 6.07) is 17.2. The minimum Gasteiger partial charge on any atom is -0.364 e. The molecule has 2 atom stereocenters. The summed E-state index contributed by atoms with van der Waals surface area (Å²) in [7, 11) is 0. The predicted molar refractivity (Wildman–Crippen MR) is 103 cm³/mol. The average Bonchev–Trinajstić information content (AvgIpc) is 3.39. The highest BCUT2D eigenvalue weighted by molar-refractivity contribution is 5.97. The van der Waals surface area contributed by atoms with E-state index in [4.69, 9.17) is 10.5 Å². The van der Waals surface area contributed by atoms with Gasteiger partial charge in [0.1, 0.15) is 6.10 Å². The van der Waals surface area contributed by atoms with Gasteiger partial charge in [-0.2, -0.15) is 5.10 Å². The zero-order valence-corrected chi connectivity index (χ0v) is 14.8. The second-order valence-corrected chi connectivity index (χ2v) is 6.47. The van der Waals surface area contributed by atoms with Crippen LogP contribution in [0.25, 0.3) is 22.8 Å². The molecule has 1 aliphatic rings. The van der Waals surface area contributed by atoms with E-state index >= 15 is 0 Å². The summed E-state index contributed by atoms with van der Waals surface area (Å²) < 4.78 is 5.68. The molecule has 0 aliphatic carbocycles. The number of nitrogens with two attached hydrogens (primary N) is 1. The SMILES string of the molecule is NC[C@H]1CC[C@@H](C(=O)Nc2ccccc2-c2nc(-c3ccccc3)n[nH]2)O1. The first-order valence-electron chi connectivity index (χ1n) is 8.98. The Bertz CT molecular complexity index is 925. The third-order valence-electron chi connectivity index (χ3n) is 4.62. The quantitative estimate of drug-likeness (QED) is 0.646. The third kappa shape index (κ3) is 3.74. The molecule has 1 aromatic heterocycles. The number of hydrogen-bond acceptors (Lipinski definition) is 5. The Labute approximate surface area is 157 Å². The molecule has 0 bridgehead atoms. The van der Waals surface area contributed by atoms with Crippen LogP contribution < -0.4 is 11.1 Å². The number of ether oxygens (including phenoxy) is 1. The molecule has 3 aromatic rings. The van der Waals surface area contributed by atoms with E-state index in [0.717, 1.165) is 17.5 Å². The molecular weight excluding hydrogens is 342 g/mol. The van der Waals surface area contributed by atoms with Crippen molar-refractivity contribution in [3.8, 4) is 22.8 Å². The standard InChI is InChI=1S/C20H21N5O2/c21-12-14-10-11-17(27-14)20(26)22-16-9-5-4-8-15(16)19-23-18(24-25-19)13-6-2-1-3-7-13/h1-9,14,17H,10-12,21H2,(H,22,26)(H,23,24,25)/t14-,17+/m1/s1. The van der Waals surface area contributed by atoms with Crippen LogP contribution in [0.15, 0.2) is 54.6 Å². The van der Waals surface area contributed by atoms with Gasteiger partial charge in [0.25, 0.3) is 5.91 Å². The van der Waals surface area contributed by atoms with Crippen molar-refractivity contribution in [3.05, 3.63) is 54.6 Å². The molecule has 2 heterocycles. The first-order valence-corrected chi connectivity index (χ1v) is 8.98. The molecule has 0 radical (unpaired) electrons. The highest BCUT2D eigenvalue weighted by atomic mass is 16.5. The van der Waals surface area contributed by atoms with Crippen molar-refractivity contribution in [2.24, 2.45) is 5.73 Å². The molecule has 1 saturated heterocycles. The molecular formula is C20H21N5O2. The lowest BCUT2D eigenvalue weighted by Gasteiger charge is -2.14. The van der Waals surface area contributed by atoms with Crippen molar-refractivity contribution in [1.29, 1.82) is 0 Å². The molecule has 0 unspecified atom stereocenters. The van der Waals surface area contributed by atoms with Crippen LogP contribution in [0.3, 0.4) is 0 Å². The largest absolute Gasteiger partial charge is 0.364 e. The van der Waals surface area contributed by atoms with Gasteiger partial charge in [0.2, 0.25) is 0 Å². The normalized spacial score (nSPS) is 19.1. The molecule has 1 aliphatic heterocycles. The number of hydrogen-bond donors (Lipinski definition) is 3. The summed E-state index contributed by atoms with van der Waals surface area (Å²) >= 11 is 0. The zero-order chi connectivity index (χ0) is 18.6. The smallest absolute Gasteiger partial charge is 0.253 e. The second kappa shape index (κ2) is 7.69. The number of nitrogens with zero attached hydrogens (tertiary/aromatic N) is 2. The van der Waals surface area contributed by atoms with Crippen LogP contribution in [0, 0.1) is 0 Å². The minimum absolute atomic E-state index is 0.0429. The van der Waals surface area contributed by atoms with E-state index in [0.29, 0.717) is 30.3 Å². The maximum absolute atomic E-state index is 12.6. The van der Waals surface area contributed by atoms with Gasteiger partial charge in [0, 0.05) is 17.7 Å². The van der Waals surface area contributed by atoms with Gasteiger partial charge in [-0.05, 0) is 25.0 Å². The molecule has 1 amide bonds. The van der Waals surface area contributed by atoms with E-state index in [9.17, 15) is 4.79 Å². The summed E-state index contributed by atoms with van der Waals surface area (Å²) in [6.07, 6.45) is 0.967. The molecule has 2 aromatic carbocycles. The monoisotopic (exact) mass is 363 g/mol. The lowest BCUT2D eigenvalue weighted by Crippen LogP contribution is -2.30. The average molecular weight is 363 g/mol. The van der Waals surface area contributed by atoms with E-state index in [-0.39, 0.29) is 12.0 Å². The van der Waals surface area contributed by atoms with Gasteiger partial charge in [0.15, 0.2) is 11.6 Å². The van der Waals surface area contributed by atoms with Crippen molar-refractivity contribution in [2.75, 3.05) is 11.9 Å². The molecule has 1 fully saturated rings. The number of aromatic amines is 1. The highest BCUT2D eigenvalue weighted by Gasteiger charge is 2.30. The van der Waals surface area contributed by atoms with Crippen molar-refractivity contribution in [2.45, 2.75) is 25.0 Å².